The molecule has 5 heteroatoms. The molecule has 1 aromatic rings. The Kier molecular flexibility index (Phi) is 4.31. The molecule has 1 aromatic heterocycles. The zero-order chi connectivity index (χ0) is 9.68. The second kappa shape index (κ2) is 5.29. The van der Waals surface area contributed by atoms with E-state index in [4.69, 9.17) is 10.6 Å². The fourth-order valence-corrected chi connectivity index (χ4v) is 1.66. The molecular weight excluding hydrogens is 186 g/mol. The van der Waals surface area contributed by atoms with E-state index in [-0.39, 0.29) is 6.04 Å². The number of rotatable bonds is 5. The average Bonchev–Trinajstić information content (AvgIpc) is 2.54. The van der Waals surface area contributed by atoms with Crippen molar-refractivity contribution in [3.63, 3.8) is 0 Å². The summed E-state index contributed by atoms with van der Waals surface area (Å²) >= 11 is 1.62. The third-order valence-corrected chi connectivity index (χ3v) is 2.48. The maximum Gasteiger partial charge on any atom is 0.0898 e. The zero-order valence-corrected chi connectivity index (χ0v) is 8.73. The van der Waals surface area contributed by atoms with Crippen molar-refractivity contribution in [2.45, 2.75) is 19.9 Å². The third-order valence-electron chi connectivity index (χ3n) is 1.68. The van der Waals surface area contributed by atoms with Crippen LogP contribution < -0.4 is 11.3 Å². The molecule has 0 saturated carbocycles. The highest BCUT2D eigenvalue weighted by molar-refractivity contribution is 7.09. The number of ether oxygens (including phenoxy) is 1. The predicted molar refractivity (Wildman–Crippen MR) is 53.4 cm³/mol. The quantitative estimate of drug-likeness (QED) is 0.551. The SMILES string of the molecule is CCOCC(NN)c1csc(C)n1. The van der Waals surface area contributed by atoms with E-state index >= 15 is 0 Å². The summed E-state index contributed by atoms with van der Waals surface area (Å²) in [7, 11) is 0. The van der Waals surface area contributed by atoms with Crippen LogP contribution in [0.3, 0.4) is 0 Å². The molecule has 0 amide bonds. The van der Waals surface area contributed by atoms with Crippen LogP contribution in [0.1, 0.15) is 23.7 Å². The lowest BCUT2D eigenvalue weighted by atomic mass is 10.2. The molecule has 0 aliphatic carbocycles. The molecule has 0 fully saturated rings. The molecule has 0 aliphatic rings. The largest absolute Gasteiger partial charge is 0.380 e. The van der Waals surface area contributed by atoms with Gasteiger partial charge in [0.25, 0.3) is 0 Å². The molecule has 3 N–H and O–H groups in total. The van der Waals surface area contributed by atoms with Crippen molar-refractivity contribution < 1.29 is 4.74 Å². The molecular formula is C8H15N3OS. The van der Waals surface area contributed by atoms with Crippen molar-refractivity contribution in [1.29, 1.82) is 0 Å². The summed E-state index contributed by atoms with van der Waals surface area (Å²) in [5, 5.41) is 3.05. The summed E-state index contributed by atoms with van der Waals surface area (Å²) in [6.45, 7) is 5.19. The van der Waals surface area contributed by atoms with Crippen LogP contribution in [0.2, 0.25) is 0 Å². The summed E-state index contributed by atoms with van der Waals surface area (Å²) in [5.74, 6) is 5.39. The number of thiazole rings is 1. The second-order valence-electron chi connectivity index (χ2n) is 2.67. The van der Waals surface area contributed by atoms with Gasteiger partial charge in [-0.3, -0.25) is 5.84 Å². The molecule has 0 bridgehead atoms. The Labute approximate surface area is 82.1 Å². The second-order valence-corrected chi connectivity index (χ2v) is 3.73. The fourth-order valence-electron chi connectivity index (χ4n) is 0.995. The third kappa shape index (κ3) is 3.04. The first kappa shape index (κ1) is 10.6. The van der Waals surface area contributed by atoms with E-state index in [0.717, 1.165) is 10.7 Å². The molecule has 0 aliphatic heterocycles. The molecule has 0 aromatic carbocycles. The first-order valence-corrected chi connectivity index (χ1v) is 5.11. The number of hydrazine groups is 1. The minimum absolute atomic E-state index is 0.00454. The lowest BCUT2D eigenvalue weighted by Gasteiger charge is -2.12. The van der Waals surface area contributed by atoms with Crippen LogP contribution in [0, 0.1) is 6.92 Å². The highest BCUT2D eigenvalue weighted by Gasteiger charge is 2.12. The molecule has 1 unspecified atom stereocenters. The Bertz CT molecular complexity index is 251. The lowest BCUT2D eigenvalue weighted by molar-refractivity contribution is 0.122. The molecule has 13 heavy (non-hydrogen) atoms. The van der Waals surface area contributed by atoms with Gasteiger partial charge in [-0.1, -0.05) is 0 Å². The summed E-state index contributed by atoms with van der Waals surface area (Å²) < 4.78 is 5.27. The predicted octanol–water partition coefficient (Wildman–Crippen LogP) is 0.992. The van der Waals surface area contributed by atoms with Crippen molar-refractivity contribution in [2.75, 3.05) is 13.2 Å². The van der Waals surface area contributed by atoms with Gasteiger partial charge in [-0.25, -0.2) is 10.4 Å². The van der Waals surface area contributed by atoms with E-state index in [0.29, 0.717) is 13.2 Å². The molecule has 0 saturated heterocycles. The highest BCUT2D eigenvalue weighted by atomic mass is 32.1. The lowest BCUT2D eigenvalue weighted by Crippen LogP contribution is -2.31. The number of nitrogens with two attached hydrogens (primary N) is 1. The molecule has 74 valence electrons. The summed E-state index contributed by atoms with van der Waals surface area (Å²) in [6, 6.07) is 0.00454. The van der Waals surface area contributed by atoms with Gasteiger partial charge in [0, 0.05) is 12.0 Å². The van der Waals surface area contributed by atoms with Crippen LogP contribution in [0.4, 0.5) is 0 Å². The Morgan fingerprint density at radius 1 is 1.77 bits per heavy atom. The minimum atomic E-state index is 0.00454. The Hall–Kier alpha value is -0.490. The van der Waals surface area contributed by atoms with Gasteiger partial charge in [0.1, 0.15) is 0 Å². The topological polar surface area (TPSA) is 60.2 Å². The monoisotopic (exact) mass is 201 g/mol. The van der Waals surface area contributed by atoms with Gasteiger partial charge in [-0.05, 0) is 13.8 Å². The van der Waals surface area contributed by atoms with Gasteiger partial charge >= 0.3 is 0 Å². The molecule has 0 spiro atoms. The van der Waals surface area contributed by atoms with Gasteiger partial charge < -0.3 is 4.74 Å². The average molecular weight is 201 g/mol. The zero-order valence-electron chi connectivity index (χ0n) is 7.91. The maximum atomic E-state index is 5.39. The van der Waals surface area contributed by atoms with Crippen molar-refractivity contribution in [3.8, 4) is 0 Å². The van der Waals surface area contributed by atoms with E-state index in [1.807, 2.05) is 19.2 Å². The van der Waals surface area contributed by atoms with Gasteiger partial charge in [-0.2, -0.15) is 0 Å². The van der Waals surface area contributed by atoms with Crippen LogP contribution in [-0.4, -0.2) is 18.2 Å². The smallest absolute Gasteiger partial charge is 0.0898 e. The van der Waals surface area contributed by atoms with Crippen LogP contribution in [0.25, 0.3) is 0 Å². The Morgan fingerprint density at radius 3 is 3.00 bits per heavy atom. The number of aromatic nitrogens is 1. The molecule has 4 nitrogen and oxygen atoms in total. The summed E-state index contributed by atoms with van der Waals surface area (Å²) in [6.07, 6.45) is 0. The van der Waals surface area contributed by atoms with Crippen LogP contribution in [-0.2, 0) is 4.74 Å². The molecule has 1 atom stereocenters. The molecule has 0 radical (unpaired) electrons. The van der Waals surface area contributed by atoms with Crippen molar-refractivity contribution in [3.05, 3.63) is 16.1 Å². The fraction of sp³-hybridized carbons (Fsp3) is 0.625. The molecule has 1 rings (SSSR count). The van der Waals surface area contributed by atoms with Gasteiger partial charge in [0.2, 0.25) is 0 Å². The summed E-state index contributed by atoms with van der Waals surface area (Å²) in [4.78, 5) is 4.33. The van der Waals surface area contributed by atoms with Gasteiger partial charge in [0.05, 0.1) is 23.4 Å². The maximum absolute atomic E-state index is 5.39. The standard InChI is InChI=1S/C8H15N3OS/c1-3-12-4-7(11-9)8-5-13-6(2)10-8/h5,7,11H,3-4,9H2,1-2H3. The van der Waals surface area contributed by atoms with Crippen LogP contribution >= 0.6 is 11.3 Å². The van der Waals surface area contributed by atoms with Gasteiger partial charge in [0.15, 0.2) is 0 Å². The van der Waals surface area contributed by atoms with E-state index in [1.54, 1.807) is 11.3 Å². The Balaban J connectivity index is 2.56. The summed E-state index contributed by atoms with van der Waals surface area (Å²) in [5.41, 5.74) is 3.64. The normalized spacial score (nSPS) is 13.2. The van der Waals surface area contributed by atoms with Gasteiger partial charge in [-0.15, -0.1) is 11.3 Å². The highest BCUT2D eigenvalue weighted by Crippen LogP contribution is 2.15. The van der Waals surface area contributed by atoms with E-state index in [1.165, 1.54) is 0 Å². The van der Waals surface area contributed by atoms with Crippen LogP contribution in [0.15, 0.2) is 5.38 Å². The van der Waals surface area contributed by atoms with E-state index < -0.39 is 0 Å². The number of hydrogen-bond acceptors (Lipinski definition) is 5. The first-order chi connectivity index (χ1) is 6.27. The number of nitrogens with one attached hydrogen (secondary N) is 1. The number of hydrogen-bond donors (Lipinski definition) is 2. The minimum Gasteiger partial charge on any atom is -0.380 e. The van der Waals surface area contributed by atoms with E-state index in [9.17, 15) is 0 Å². The Morgan fingerprint density at radius 2 is 2.54 bits per heavy atom. The van der Waals surface area contributed by atoms with Crippen molar-refractivity contribution >= 4 is 11.3 Å². The molecule has 1 heterocycles. The van der Waals surface area contributed by atoms with Crippen molar-refractivity contribution in [1.82, 2.24) is 10.4 Å². The van der Waals surface area contributed by atoms with E-state index in [2.05, 4.69) is 10.4 Å². The number of nitrogens with zero attached hydrogens (tertiary/aromatic N) is 1. The van der Waals surface area contributed by atoms with Crippen molar-refractivity contribution in [2.24, 2.45) is 5.84 Å². The van der Waals surface area contributed by atoms with Crippen LogP contribution in [0.5, 0.6) is 0 Å². The number of aryl methyl sites for hydroxylation is 1. The first-order valence-electron chi connectivity index (χ1n) is 4.23.